The van der Waals surface area contributed by atoms with Gasteiger partial charge in [0.1, 0.15) is 11.3 Å². The number of halogens is 1. The maximum absolute atomic E-state index is 13.2. The third-order valence-electron chi connectivity index (χ3n) is 5.83. The fourth-order valence-corrected chi connectivity index (χ4v) is 4.28. The van der Waals surface area contributed by atoms with Gasteiger partial charge in [-0.05, 0) is 41.8 Å². The lowest BCUT2D eigenvalue weighted by atomic mass is 10.0. The average molecular weight is 458 g/mol. The molecule has 0 bridgehead atoms. The summed E-state index contributed by atoms with van der Waals surface area (Å²) in [5, 5.41) is 9.24. The molecule has 0 radical (unpaired) electrons. The summed E-state index contributed by atoms with van der Waals surface area (Å²) in [6.07, 6.45) is 2.51. The van der Waals surface area contributed by atoms with E-state index in [9.17, 15) is 4.79 Å². The van der Waals surface area contributed by atoms with Crippen LogP contribution in [0.2, 0.25) is 5.02 Å². The second-order valence-electron chi connectivity index (χ2n) is 8.06. The first-order chi connectivity index (χ1) is 16.2. The molecule has 2 aromatic heterocycles. The van der Waals surface area contributed by atoms with E-state index in [2.05, 4.69) is 21.7 Å². The monoisotopic (exact) mass is 457 g/mol. The molecule has 0 fully saturated rings. The lowest BCUT2D eigenvalue weighted by molar-refractivity contribution is -0.123. The molecule has 1 atom stereocenters. The van der Waals surface area contributed by atoms with Crippen LogP contribution in [0.25, 0.3) is 21.9 Å². The van der Waals surface area contributed by atoms with Gasteiger partial charge in [-0.15, -0.1) is 0 Å². The fourth-order valence-electron chi connectivity index (χ4n) is 4.07. The summed E-state index contributed by atoms with van der Waals surface area (Å²) in [5.41, 5.74) is 3.86. The predicted octanol–water partition coefficient (Wildman–Crippen LogP) is 5.58. The summed E-state index contributed by atoms with van der Waals surface area (Å²) in [7, 11) is 0. The van der Waals surface area contributed by atoms with E-state index in [1.165, 1.54) is 0 Å². The third kappa shape index (κ3) is 4.80. The molecule has 0 aliphatic rings. The second kappa shape index (κ2) is 9.53. The zero-order valence-corrected chi connectivity index (χ0v) is 18.7. The molecular formula is C27H24ClN3O2. The van der Waals surface area contributed by atoms with Gasteiger partial charge in [-0.25, -0.2) is 0 Å². The minimum atomic E-state index is -0.445. The number of amides is 1. The Hall–Kier alpha value is -3.54. The van der Waals surface area contributed by atoms with Crippen molar-refractivity contribution in [1.82, 2.24) is 15.6 Å². The minimum absolute atomic E-state index is 0.0867. The Bertz CT molecular complexity index is 1370. The van der Waals surface area contributed by atoms with E-state index in [-0.39, 0.29) is 5.91 Å². The molecule has 0 saturated heterocycles. The maximum Gasteiger partial charge on any atom is 0.237 e. The Labute approximate surface area is 196 Å². The summed E-state index contributed by atoms with van der Waals surface area (Å²) in [6, 6.07) is 25.1. The van der Waals surface area contributed by atoms with Crippen LogP contribution in [0.1, 0.15) is 16.9 Å². The Morgan fingerprint density at radius 2 is 1.73 bits per heavy atom. The van der Waals surface area contributed by atoms with E-state index in [1.807, 2.05) is 79.0 Å². The van der Waals surface area contributed by atoms with Gasteiger partial charge in [-0.3, -0.25) is 10.1 Å². The van der Waals surface area contributed by atoms with Gasteiger partial charge in [0.2, 0.25) is 5.91 Å². The van der Waals surface area contributed by atoms with Crippen molar-refractivity contribution in [2.75, 3.05) is 0 Å². The van der Waals surface area contributed by atoms with Gasteiger partial charge in [0.15, 0.2) is 0 Å². The molecule has 0 spiro atoms. The number of fused-ring (bicyclic) bond motifs is 2. The topological polar surface area (TPSA) is 70.1 Å². The highest BCUT2D eigenvalue weighted by molar-refractivity contribution is 6.31. The lowest BCUT2D eigenvalue weighted by Crippen LogP contribution is -2.45. The summed E-state index contributed by atoms with van der Waals surface area (Å²) in [5.74, 6) is 0.704. The molecule has 5 rings (SSSR count). The largest absolute Gasteiger partial charge is 0.460 e. The predicted molar refractivity (Wildman–Crippen MR) is 132 cm³/mol. The van der Waals surface area contributed by atoms with Crippen molar-refractivity contribution < 1.29 is 9.21 Å². The third-order valence-corrected chi connectivity index (χ3v) is 6.19. The van der Waals surface area contributed by atoms with Crippen LogP contribution in [0.15, 0.2) is 89.5 Å². The van der Waals surface area contributed by atoms with E-state index in [4.69, 9.17) is 16.0 Å². The number of aromatic nitrogens is 1. The van der Waals surface area contributed by atoms with Crippen molar-refractivity contribution in [2.24, 2.45) is 0 Å². The summed E-state index contributed by atoms with van der Waals surface area (Å²) >= 11 is 6.26. The number of hydrogen-bond donors (Lipinski definition) is 3. The highest BCUT2D eigenvalue weighted by Gasteiger charge is 2.21. The lowest BCUT2D eigenvalue weighted by Gasteiger charge is -2.18. The number of para-hydroxylation sites is 2. The van der Waals surface area contributed by atoms with Crippen LogP contribution < -0.4 is 10.6 Å². The first-order valence-corrected chi connectivity index (χ1v) is 11.3. The molecule has 0 saturated carbocycles. The molecule has 33 heavy (non-hydrogen) atoms. The first kappa shape index (κ1) is 21.3. The van der Waals surface area contributed by atoms with E-state index in [0.29, 0.717) is 24.5 Å². The first-order valence-electron chi connectivity index (χ1n) is 10.9. The molecule has 5 nitrogen and oxygen atoms in total. The Kier molecular flexibility index (Phi) is 6.15. The standard InChI is InChI=1S/C27H24ClN3O2/c28-23-10-4-1-8-19(23)15-31-27(32)25(14-20-16-29-24-11-5-3-9-22(20)24)30-17-21-13-18-7-2-6-12-26(18)33-21/h1-13,16,25,29-30H,14-15,17H2,(H,31,32). The number of H-pyrrole nitrogens is 1. The number of rotatable bonds is 8. The minimum Gasteiger partial charge on any atom is -0.460 e. The molecule has 1 amide bonds. The van der Waals surface area contributed by atoms with Crippen molar-refractivity contribution in [3.8, 4) is 0 Å². The zero-order chi connectivity index (χ0) is 22.6. The fraction of sp³-hybridized carbons (Fsp3) is 0.148. The van der Waals surface area contributed by atoms with Crippen LogP contribution in [0, 0.1) is 0 Å². The molecule has 166 valence electrons. The van der Waals surface area contributed by atoms with Gasteiger partial charge in [0.25, 0.3) is 0 Å². The van der Waals surface area contributed by atoms with Crippen LogP contribution in [0.3, 0.4) is 0 Å². The van der Waals surface area contributed by atoms with Crippen molar-refractivity contribution in [2.45, 2.75) is 25.6 Å². The summed E-state index contributed by atoms with van der Waals surface area (Å²) in [4.78, 5) is 16.5. The van der Waals surface area contributed by atoms with Crippen molar-refractivity contribution in [1.29, 1.82) is 0 Å². The van der Waals surface area contributed by atoms with Gasteiger partial charge in [0, 0.05) is 34.1 Å². The number of carbonyl (C=O) groups is 1. The Morgan fingerprint density at radius 1 is 0.939 bits per heavy atom. The van der Waals surface area contributed by atoms with Gasteiger partial charge >= 0.3 is 0 Å². The molecule has 0 aliphatic carbocycles. The Morgan fingerprint density at radius 3 is 2.61 bits per heavy atom. The van der Waals surface area contributed by atoms with Crippen molar-refractivity contribution >= 4 is 39.4 Å². The van der Waals surface area contributed by atoms with E-state index in [0.717, 1.165) is 38.8 Å². The van der Waals surface area contributed by atoms with E-state index >= 15 is 0 Å². The molecule has 3 aromatic carbocycles. The van der Waals surface area contributed by atoms with Crippen LogP contribution in [0.4, 0.5) is 0 Å². The Balaban J connectivity index is 1.34. The van der Waals surface area contributed by atoms with E-state index in [1.54, 1.807) is 0 Å². The average Bonchev–Trinajstić information content (AvgIpc) is 3.44. The zero-order valence-electron chi connectivity index (χ0n) is 18.0. The summed E-state index contributed by atoms with van der Waals surface area (Å²) in [6.45, 7) is 0.816. The highest BCUT2D eigenvalue weighted by Crippen LogP contribution is 2.21. The van der Waals surface area contributed by atoms with Crippen LogP contribution in [0.5, 0.6) is 0 Å². The second-order valence-corrected chi connectivity index (χ2v) is 8.46. The number of carbonyl (C=O) groups excluding carboxylic acids is 1. The molecule has 5 aromatic rings. The van der Waals surface area contributed by atoms with Gasteiger partial charge in [-0.1, -0.05) is 66.2 Å². The number of benzene rings is 3. The summed E-state index contributed by atoms with van der Waals surface area (Å²) < 4.78 is 5.93. The molecule has 2 heterocycles. The molecule has 3 N–H and O–H groups in total. The van der Waals surface area contributed by atoms with Crippen LogP contribution in [-0.2, 0) is 24.3 Å². The molecule has 1 unspecified atom stereocenters. The van der Waals surface area contributed by atoms with Gasteiger partial charge < -0.3 is 14.7 Å². The van der Waals surface area contributed by atoms with Gasteiger partial charge in [-0.2, -0.15) is 0 Å². The highest BCUT2D eigenvalue weighted by atomic mass is 35.5. The van der Waals surface area contributed by atoms with Crippen molar-refractivity contribution in [3.63, 3.8) is 0 Å². The smallest absolute Gasteiger partial charge is 0.237 e. The molecular weight excluding hydrogens is 434 g/mol. The quantitative estimate of drug-likeness (QED) is 0.284. The normalized spacial score (nSPS) is 12.3. The van der Waals surface area contributed by atoms with E-state index < -0.39 is 6.04 Å². The van der Waals surface area contributed by atoms with Crippen LogP contribution >= 0.6 is 11.6 Å². The number of furan rings is 1. The van der Waals surface area contributed by atoms with Crippen molar-refractivity contribution in [3.05, 3.63) is 107 Å². The number of nitrogens with one attached hydrogen (secondary N) is 3. The van der Waals surface area contributed by atoms with Gasteiger partial charge in [0.05, 0.1) is 12.6 Å². The molecule has 6 heteroatoms. The van der Waals surface area contributed by atoms with Crippen LogP contribution in [-0.4, -0.2) is 16.9 Å². The molecule has 0 aliphatic heterocycles. The SMILES string of the molecule is O=C(NCc1ccccc1Cl)C(Cc1c[nH]c2ccccc12)NCc1cc2ccccc2o1. The number of aromatic amines is 1. The maximum atomic E-state index is 13.2. The number of hydrogen-bond acceptors (Lipinski definition) is 3.